The van der Waals surface area contributed by atoms with E-state index in [2.05, 4.69) is 43.2 Å². The minimum absolute atomic E-state index is 0.146. The summed E-state index contributed by atoms with van der Waals surface area (Å²) in [5.41, 5.74) is 2.33. The first-order chi connectivity index (χ1) is 9.65. The molecule has 1 heterocycles. The van der Waals surface area contributed by atoms with Crippen molar-refractivity contribution in [2.75, 3.05) is 13.7 Å². The van der Waals surface area contributed by atoms with Crippen molar-refractivity contribution in [3.63, 3.8) is 0 Å². The predicted octanol–water partition coefficient (Wildman–Crippen LogP) is 3.86. The van der Waals surface area contributed by atoms with Crippen LogP contribution in [0.15, 0.2) is 24.3 Å². The molecule has 108 valence electrons. The summed E-state index contributed by atoms with van der Waals surface area (Å²) in [4.78, 5) is 5.94. The van der Waals surface area contributed by atoms with Crippen molar-refractivity contribution in [2.45, 2.75) is 33.2 Å². The smallest absolute Gasteiger partial charge is 0.119 e. The Labute approximate surface area is 125 Å². The van der Waals surface area contributed by atoms with Crippen LogP contribution in [0.1, 0.15) is 40.5 Å². The van der Waals surface area contributed by atoms with Crippen molar-refractivity contribution in [3.8, 4) is 5.75 Å². The highest BCUT2D eigenvalue weighted by molar-refractivity contribution is 7.11. The third-order valence-corrected chi connectivity index (χ3v) is 4.40. The maximum atomic E-state index is 5.62. The number of hydrogen-bond acceptors (Lipinski definition) is 4. The number of hydrogen-bond donors (Lipinski definition) is 1. The molecular formula is C16H22N2OS. The molecule has 0 aliphatic heterocycles. The summed E-state index contributed by atoms with van der Waals surface area (Å²) < 4.78 is 5.62. The highest BCUT2D eigenvalue weighted by Gasteiger charge is 2.16. The van der Waals surface area contributed by atoms with E-state index in [0.717, 1.165) is 29.5 Å². The fraction of sp³-hybridized carbons (Fsp3) is 0.438. The standard InChI is InChI=1S/C16H22N2OS/c1-5-10-19-14-8-6-13(7-9-14)15(17-4)16-18-11(2)12(3)20-16/h6-9,15,17H,5,10H2,1-4H3. The van der Waals surface area contributed by atoms with Crippen molar-refractivity contribution < 1.29 is 4.74 Å². The summed E-state index contributed by atoms with van der Waals surface area (Å²) in [5, 5.41) is 4.46. The molecule has 1 aromatic carbocycles. The largest absolute Gasteiger partial charge is 0.494 e. The second-order valence-corrected chi connectivity index (χ2v) is 6.07. The number of benzene rings is 1. The third kappa shape index (κ3) is 3.38. The van der Waals surface area contributed by atoms with Crippen molar-refractivity contribution >= 4 is 11.3 Å². The molecule has 0 aliphatic carbocycles. The Hall–Kier alpha value is -1.39. The number of thiazole rings is 1. The van der Waals surface area contributed by atoms with Gasteiger partial charge >= 0.3 is 0 Å². The average Bonchev–Trinajstić information content (AvgIpc) is 2.78. The van der Waals surface area contributed by atoms with Crippen LogP contribution in [0.25, 0.3) is 0 Å². The molecule has 4 heteroatoms. The molecule has 0 fully saturated rings. The summed E-state index contributed by atoms with van der Waals surface area (Å²) in [5.74, 6) is 0.928. The summed E-state index contributed by atoms with van der Waals surface area (Å²) in [6.45, 7) is 7.05. The molecule has 20 heavy (non-hydrogen) atoms. The van der Waals surface area contributed by atoms with Crippen LogP contribution >= 0.6 is 11.3 Å². The minimum atomic E-state index is 0.146. The van der Waals surface area contributed by atoms with Gasteiger partial charge in [0.25, 0.3) is 0 Å². The van der Waals surface area contributed by atoms with Crippen LogP contribution in [0.4, 0.5) is 0 Å². The van der Waals surface area contributed by atoms with Crippen LogP contribution in [0.3, 0.4) is 0 Å². The average molecular weight is 290 g/mol. The Morgan fingerprint density at radius 1 is 1.25 bits per heavy atom. The van der Waals surface area contributed by atoms with Gasteiger partial charge in [0.1, 0.15) is 10.8 Å². The lowest BCUT2D eigenvalue weighted by atomic mass is 10.1. The lowest BCUT2D eigenvalue weighted by molar-refractivity contribution is 0.317. The molecule has 0 amide bonds. The molecule has 0 saturated heterocycles. The Bertz CT molecular complexity index is 529. The monoisotopic (exact) mass is 290 g/mol. The van der Waals surface area contributed by atoms with Gasteiger partial charge in [-0.25, -0.2) is 4.98 Å². The molecule has 0 radical (unpaired) electrons. The molecule has 1 aromatic heterocycles. The molecule has 2 aromatic rings. The summed E-state index contributed by atoms with van der Waals surface area (Å²) in [6, 6.07) is 8.43. The van der Waals surface area contributed by atoms with Crippen molar-refractivity contribution in [3.05, 3.63) is 45.4 Å². The zero-order chi connectivity index (χ0) is 14.5. The fourth-order valence-corrected chi connectivity index (χ4v) is 3.09. The van der Waals surface area contributed by atoms with Crippen LogP contribution in [0, 0.1) is 13.8 Å². The summed E-state index contributed by atoms with van der Waals surface area (Å²) in [7, 11) is 1.97. The lowest BCUT2D eigenvalue weighted by Gasteiger charge is -2.14. The molecule has 2 rings (SSSR count). The predicted molar refractivity (Wildman–Crippen MR) is 84.7 cm³/mol. The second-order valence-electron chi connectivity index (χ2n) is 4.83. The first-order valence-corrected chi connectivity index (χ1v) is 7.81. The van der Waals surface area contributed by atoms with Gasteiger partial charge < -0.3 is 10.1 Å². The van der Waals surface area contributed by atoms with Gasteiger partial charge in [-0.05, 0) is 45.0 Å². The van der Waals surface area contributed by atoms with Gasteiger partial charge in [0.15, 0.2) is 0 Å². The maximum absolute atomic E-state index is 5.62. The van der Waals surface area contributed by atoms with E-state index in [1.807, 2.05) is 19.2 Å². The molecule has 3 nitrogen and oxygen atoms in total. The van der Waals surface area contributed by atoms with Gasteiger partial charge in [0.2, 0.25) is 0 Å². The highest BCUT2D eigenvalue weighted by atomic mass is 32.1. The molecule has 1 N–H and O–H groups in total. The van der Waals surface area contributed by atoms with Gasteiger partial charge in [-0.2, -0.15) is 0 Å². The number of ether oxygens (including phenoxy) is 1. The van der Waals surface area contributed by atoms with E-state index in [1.165, 1.54) is 10.4 Å². The van der Waals surface area contributed by atoms with Gasteiger partial charge in [-0.3, -0.25) is 0 Å². The molecule has 0 spiro atoms. The van der Waals surface area contributed by atoms with E-state index in [4.69, 9.17) is 4.74 Å². The highest BCUT2D eigenvalue weighted by Crippen LogP contribution is 2.28. The van der Waals surface area contributed by atoms with Crippen LogP contribution in [-0.4, -0.2) is 18.6 Å². The third-order valence-electron chi connectivity index (χ3n) is 3.27. The molecule has 0 saturated carbocycles. The van der Waals surface area contributed by atoms with Gasteiger partial charge in [0.05, 0.1) is 18.3 Å². The van der Waals surface area contributed by atoms with Crippen LogP contribution in [0.5, 0.6) is 5.75 Å². The molecule has 1 atom stereocenters. The Balaban J connectivity index is 2.19. The number of nitrogens with one attached hydrogen (secondary N) is 1. The quantitative estimate of drug-likeness (QED) is 0.877. The van der Waals surface area contributed by atoms with E-state index in [0.29, 0.717) is 0 Å². The topological polar surface area (TPSA) is 34.1 Å². The first kappa shape index (κ1) is 15.0. The summed E-state index contributed by atoms with van der Waals surface area (Å²) in [6.07, 6.45) is 1.03. The SMILES string of the molecule is CCCOc1ccc(C(NC)c2nc(C)c(C)s2)cc1. The molecule has 0 bridgehead atoms. The maximum Gasteiger partial charge on any atom is 0.119 e. The van der Waals surface area contributed by atoms with Crippen LogP contribution < -0.4 is 10.1 Å². The van der Waals surface area contributed by atoms with Crippen LogP contribution in [0.2, 0.25) is 0 Å². The Morgan fingerprint density at radius 2 is 1.95 bits per heavy atom. The van der Waals surface area contributed by atoms with E-state index >= 15 is 0 Å². The molecular weight excluding hydrogens is 268 g/mol. The normalized spacial score (nSPS) is 12.4. The zero-order valence-corrected chi connectivity index (χ0v) is 13.4. The van der Waals surface area contributed by atoms with Crippen molar-refractivity contribution in [1.82, 2.24) is 10.3 Å². The van der Waals surface area contributed by atoms with E-state index in [-0.39, 0.29) is 6.04 Å². The Kier molecular flexibility index (Phi) is 5.15. The zero-order valence-electron chi connectivity index (χ0n) is 12.6. The second kappa shape index (κ2) is 6.86. The number of aryl methyl sites for hydroxylation is 2. The minimum Gasteiger partial charge on any atom is -0.494 e. The number of nitrogens with zero attached hydrogens (tertiary/aromatic N) is 1. The molecule has 1 unspecified atom stereocenters. The number of rotatable bonds is 6. The fourth-order valence-electron chi connectivity index (χ4n) is 2.03. The lowest BCUT2D eigenvalue weighted by Crippen LogP contribution is -2.17. The molecule has 0 aliphatic rings. The van der Waals surface area contributed by atoms with Crippen molar-refractivity contribution in [2.24, 2.45) is 0 Å². The van der Waals surface area contributed by atoms with Gasteiger partial charge in [-0.1, -0.05) is 19.1 Å². The Morgan fingerprint density at radius 3 is 2.45 bits per heavy atom. The number of aromatic nitrogens is 1. The van der Waals surface area contributed by atoms with Gasteiger partial charge in [-0.15, -0.1) is 11.3 Å². The van der Waals surface area contributed by atoms with E-state index < -0.39 is 0 Å². The van der Waals surface area contributed by atoms with Crippen LogP contribution in [-0.2, 0) is 0 Å². The summed E-state index contributed by atoms with van der Waals surface area (Å²) >= 11 is 1.76. The van der Waals surface area contributed by atoms with Crippen molar-refractivity contribution in [1.29, 1.82) is 0 Å². The van der Waals surface area contributed by atoms with E-state index in [9.17, 15) is 0 Å². The first-order valence-electron chi connectivity index (χ1n) is 6.99. The van der Waals surface area contributed by atoms with E-state index in [1.54, 1.807) is 11.3 Å². The van der Waals surface area contributed by atoms with Gasteiger partial charge in [0, 0.05) is 4.88 Å².